The minimum absolute atomic E-state index is 0.147. The second-order valence-corrected chi connectivity index (χ2v) is 7.46. The molecule has 1 amide bonds. The number of ether oxygens (including phenoxy) is 2. The molecule has 140 valence electrons. The van der Waals surface area contributed by atoms with Gasteiger partial charge >= 0.3 is 0 Å². The predicted molar refractivity (Wildman–Crippen MR) is 109 cm³/mol. The van der Waals surface area contributed by atoms with Crippen LogP contribution in [0.2, 0.25) is 10.0 Å². The molecule has 2 aromatic rings. The van der Waals surface area contributed by atoms with Crippen LogP contribution in [0.15, 0.2) is 42.5 Å². The average Bonchev–Trinajstić information content (AvgIpc) is 2.63. The van der Waals surface area contributed by atoms with E-state index in [4.69, 9.17) is 32.7 Å². The van der Waals surface area contributed by atoms with Gasteiger partial charge in [-0.3, -0.25) is 4.79 Å². The van der Waals surface area contributed by atoms with Gasteiger partial charge in [-0.15, -0.1) is 0 Å². The Morgan fingerprint density at radius 2 is 1.85 bits per heavy atom. The molecule has 2 rings (SSSR count). The highest BCUT2D eigenvalue weighted by atomic mass is 35.5. The van der Waals surface area contributed by atoms with Crippen LogP contribution in [0.25, 0.3) is 0 Å². The molecule has 2 aromatic carbocycles. The molecule has 0 aliphatic rings. The van der Waals surface area contributed by atoms with Gasteiger partial charge in [-0.2, -0.15) is 11.8 Å². The number of carbonyl (C=O) groups is 1. The molecule has 1 atom stereocenters. The minimum Gasteiger partial charge on any atom is -0.497 e. The van der Waals surface area contributed by atoms with Crippen LogP contribution >= 0.6 is 35.0 Å². The number of nitrogens with one attached hydrogen (secondary N) is 1. The second-order valence-electron chi connectivity index (χ2n) is 5.51. The maximum absolute atomic E-state index is 12.1. The number of amides is 1. The molecule has 0 radical (unpaired) electrons. The van der Waals surface area contributed by atoms with E-state index in [-0.39, 0.29) is 5.91 Å². The Bertz CT molecular complexity index is 725. The lowest BCUT2D eigenvalue weighted by Crippen LogP contribution is -2.37. The van der Waals surface area contributed by atoms with Gasteiger partial charge in [0.25, 0.3) is 5.91 Å². The van der Waals surface area contributed by atoms with E-state index in [0.29, 0.717) is 22.3 Å². The van der Waals surface area contributed by atoms with E-state index in [9.17, 15) is 4.79 Å². The highest BCUT2D eigenvalue weighted by Crippen LogP contribution is 2.24. The summed E-state index contributed by atoms with van der Waals surface area (Å²) in [6.45, 7) is 2.28. The summed E-state index contributed by atoms with van der Waals surface area (Å²) in [6.07, 6.45) is -0.570. The molecule has 0 saturated heterocycles. The maximum atomic E-state index is 12.1. The van der Waals surface area contributed by atoms with Crippen molar-refractivity contribution >= 4 is 40.9 Å². The van der Waals surface area contributed by atoms with Gasteiger partial charge in [-0.25, -0.2) is 0 Å². The first-order valence-electron chi connectivity index (χ1n) is 8.09. The molecule has 0 aliphatic heterocycles. The number of halogens is 2. The van der Waals surface area contributed by atoms with E-state index >= 15 is 0 Å². The Morgan fingerprint density at radius 3 is 2.50 bits per heavy atom. The van der Waals surface area contributed by atoms with Crippen molar-refractivity contribution in [2.24, 2.45) is 0 Å². The lowest BCUT2D eigenvalue weighted by molar-refractivity contribution is -0.127. The van der Waals surface area contributed by atoms with E-state index in [1.165, 1.54) is 0 Å². The molecule has 4 nitrogen and oxygen atoms in total. The van der Waals surface area contributed by atoms with Crippen LogP contribution in [0.4, 0.5) is 0 Å². The summed E-state index contributed by atoms with van der Waals surface area (Å²) < 4.78 is 10.7. The number of benzene rings is 2. The molecule has 0 spiro atoms. The van der Waals surface area contributed by atoms with Crippen molar-refractivity contribution in [1.82, 2.24) is 5.32 Å². The van der Waals surface area contributed by atoms with Gasteiger partial charge in [0.1, 0.15) is 11.5 Å². The summed E-state index contributed by atoms with van der Waals surface area (Å²) in [5, 5.41) is 4.16. The lowest BCUT2D eigenvalue weighted by atomic mass is 10.2. The Kier molecular flexibility index (Phi) is 8.42. The van der Waals surface area contributed by atoms with E-state index < -0.39 is 6.10 Å². The van der Waals surface area contributed by atoms with E-state index in [1.807, 2.05) is 12.1 Å². The fourth-order valence-electron chi connectivity index (χ4n) is 2.12. The minimum atomic E-state index is -0.570. The first-order chi connectivity index (χ1) is 12.5. The average molecular weight is 414 g/mol. The van der Waals surface area contributed by atoms with Crippen molar-refractivity contribution in [1.29, 1.82) is 0 Å². The summed E-state index contributed by atoms with van der Waals surface area (Å²) in [4.78, 5) is 12.1. The summed E-state index contributed by atoms with van der Waals surface area (Å²) in [5.74, 6) is 2.77. The molecule has 0 saturated carbocycles. The smallest absolute Gasteiger partial charge is 0.260 e. The lowest BCUT2D eigenvalue weighted by Gasteiger charge is -2.15. The number of carbonyl (C=O) groups excluding carboxylic acids is 1. The Labute approximate surface area is 168 Å². The van der Waals surface area contributed by atoms with Crippen LogP contribution in [0.5, 0.6) is 11.5 Å². The molecule has 0 aromatic heterocycles. The van der Waals surface area contributed by atoms with Gasteiger partial charge in [0.2, 0.25) is 0 Å². The zero-order chi connectivity index (χ0) is 18.9. The van der Waals surface area contributed by atoms with Crippen LogP contribution in [0.3, 0.4) is 0 Å². The van der Waals surface area contributed by atoms with Crippen LogP contribution < -0.4 is 14.8 Å². The van der Waals surface area contributed by atoms with Crippen LogP contribution in [-0.2, 0) is 10.5 Å². The molecule has 7 heteroatoms. The second kappa shape index (κ2) is 10.6. The normalized spacial score (nSPS) is 11.7. The van der Waals surface area contributed by atoms with Crippen LogP contribution in [-0.4, -0.2) is 31.4 Å². The number of hydrogen-bond donors (Lipinski definition) is 1. The topological polar surface area (TPSA) is 47.6 Å². The monoisotopic (exact) mass is 413 g/mol. The van der Waals surface area contributed by atoms with Gasteiger partial charge in [-0.1, -0.05) is 29.3 Å². The summed E-state index contributed by atoms with van der Waals surface area (Å²) in [6, 6.07) is 12.6. The van der Waals surface area contributed by atoms with Crippen molar-refractivity contribution in [2.75, 3.05) is 19.4 Å². The summed E-state index contributed by atoms with van der Waals surface area (Å²) >= 11 is 13.7. The fourth-order valence-corrected chi connectivity index (χ4v) is 3.54. The van der Waals surface area contributed by atoms with E-state index in [2.05, 4.69) is 5.32 Å². The quantitative estimate of drug-likeness (QED) is 0.598. The van der Waals surface area contributed by atoms with Gasteiger partial charge < -0.3 is 14.8 Å². The van der Waals surface area contributed by atoms with Gasteiger partial charge in [-0.05, 0) is 48.9 Å². The molecule has 26 heavy (non-hydrogen) atoms. The Balaban J connectivity index is 1.67. The molecule has 0 fully saturated rings. The van der Waals surface area contributed by atoms with E-state index in [1.54, 1.807) is 56.1 Å². The third-order valence-corrected chi connectivity index (χ3v) is 5.15. The standard InChI is InChI=1S/C19H21Cl2NO3S/c1-13(25-17-7-5-16(24-2)6-8-17)19(23)22-9-10-26-12-14-3-4-15(20)11-18(14)21/h3-8,11,13H,9-10,12H2,1-2H3,(H,22,23). The van der Waals surface area contributed by atoms with E-state index in [0.717, 1.165) is 22.8 Å². The van der Waals surface area contributed by atoms with Crippen molar-refractivity contribution < 1.29 is 14.3 Å². The van der Waals surface area contributed by atoms with Gasteiger partial charge in [0.15, 0.2) is 6.10 Å². The van der Waals surface area contributed by atoms with Crippen molar-refractivity contribution in [3.05, 3.63) is 58.1 Å². The molecule has 0 aliphatic carbocycles. The zero-order valence-electron chi connectivity index (χ0n) is 14.6. The molecule has 1 unspecified atom stereocenters. The number of hydrogen-bond acceptors (Lipinski definition) is 4. The van der Waals surface area contributed by atoms with Crippen LogP contribution in [0, 0.1) is 0 Å². The summed E-state index contributed by atoms with van der Waals surface area (Å²) in [7, 11) is 1.60. The number of rotatable bonds is 9. The largest absolute Gasteiger partial charge is 0.497 e. The maximum Gasteiger partial charge on any atom is 0.260 e. The highest BCUT2D eigenvalue weighted by Gasteiger charge is 2.14. The Hall–Kier alpha value is -1.56. The molecule has 0 heterocycles. The van der Waals surface area contributed by atoms with Gasteiger partial charge in [0.05, 0.1) is 7.11 Å². The van der Waals surface area contributed by atoms with Crippen molar-refractivity contribution in [3.8, 4) is 11.5 Å². The third kappa shape index (κ3) is 6.63. The first-order valence-corrected chi connectivity index (χ1v) is 10.0. The highest BCUT2D eigenvalue weighted by molar-refractivity contribution is 7.98. The zero-order valence-corrected chi connectivity index (χ0v) is 17.0. The van der Waals surface area contributed by atoms with Crippen molar-refractivity contribution in [2.45, 2.75) is 18.8 Å². The summed E-state index contributed by atoms with van der Waals surface area (Å²) in [5.41, 5.74) is 1.03. The van der Waals surface area contributed by atoms with Gasteiger partial charge in [0, 0.05) is 28.1 Å². The predicted octanol–water partition coefficient (Wildman–Crippen LogP) is 4.82. The first kappa shape index (κ1) is 20.7. The SMILES string of the molecule is COc1ccc(OC(C)C(=O)NCCSCc2ccc(Cl)cc2Cl)cc1. The number of methoxy groups -OCH3 is 1. The Morgan fingerprint density at radius 1 is 1.15 bits per heavy atom. The molecule has 1 N–H and O–H groups in total. The molecular weight excluding hydrogens is 393 g/mol. The molecular formula is C19H21Cl2NO3S. The third-order valence-electron chi connectivity index (χ3n) is 3.56. The number of thioether (sulfide) groups is 1. The van der Waals surface area contributed by atoms with Crippen LogP contribution in [0.1, 0.15) is 12.5 Å². The molecule has 0 bridgehead atoms. The van der Waals surface area contributed by atoms with Crippen molar-refractivity contribution in [3.63, 3.8) is 0 Å². The fraction of sp³-hybridized carbons (Fsp3) is 0.316.